The molecular formula is C17H17N3O2S. The summed E-state index contributed by atoms with van der Waals surface area (Å²) in [6, 6.07) is 16.0. The van der Waals surface area contributed by atoms with Crippen LogP contribution in [0.5, 0.6) is 0 Å². The Hall–Kier alpha value is -2.36. The Morgan fingerprint density at radius 3 is 2.65 bits per heavy atom. The molecule has 118 valence electrons. The van der Waals surface area contributed by atoms with Gasteiger partial charge in [0.25, 0.3) is 0 Å². The van der Waals surface area contributed by atoms with Gasteiger partial charge in [-0.1, -0.05) is 24.3 Å². The van der Waals surface area contributed by atoms with Crippen LogP contribution in [0.15, 0.2) is 53.4 Å². The minimum atomic E-state index is -3.63. The quantitative estimate of drug-likeness (QED) is 0.848. The van der Waals surface area contributed by atoms with Crippen LogP contribution < -0.4 is 4.90 Å². The fourth-order valence-corrected chi connectivity index (χ4v) is 4.20. The van der Waals surface area contributed by atoms with Crippen LogP contribution in [0.25, 0.3) is 0 Å². The van der Waals surface area contributed by atoms with Crippen molar-refractivity contribution in [1.82, 2.24) is 4.31 Å². The summed E-state index contributed by atoms with van der Waals surface area (Å²) in [7, 11) is -1.66. The molecule has 5 nitrogen and oxygen atoms in total. The van der Waals surface area contributed by atoms with Gasteiger partial charge in [0.2, 0.25) is 10.0 Å². The monoisotopic (exact) mass is 327 g/mol. The van der Waals surface area contributed by atoms with Crippen LogP contribution in [0.1, 0.15) is 11.1 Å². The number of sulfonamides is 1. The van der Waals surface area contributed by atoms with Crippen molar-refractivity contribution in [3.05, 3.63) is 59.7 Å². The fourth-order valence-electron chi connectivity index (χ4n) is 2.75. The minimum Gasteiger partial charge on any atom is -0.373 e. The second-order valence-corrected chi connectivity index (χ2v) is 7.47. The molecule has 0 saturated heterocycles. The summed E-state index contributed by atoms with van der Waals surface area (Å²) in [6.45, 7) is 1.36. The number of rotatable bonds is 2. The van der Waals surface area contributed by atoms with Gasteiger partial charge in [0.15, 0.2) is 0 Å². The summed E-state index contributed by atoms with van der Waals surface area (Å²) >= 11 is 0. The number of nitrogens with zero attached hydrogens (tertiary/aromatic N) is 3. The average Bonchev–Trinajstić information content (AvgIpc) is 2.75. The van der Waals surface area contributed by atoms with Crippen molar-refractivity contribution in [2.75, 3.05) is 25.0 Å². The Labute approximate surface area is 136 Å². The molecule has 0 aromatic heterocycles. The summed E-state index contributed by atoms with van der Waals surface area (Å²) in [5, 5.41) is 8.98. The first-order valence-corrected chi connectivity index (χ1v) is 8.76. The average molecular weight is 327 g/mol. The second-order valence-electron chi connectivity index (χ2n) is 5.53. The summed E-state index contributed by atoms with van der Waals surface area (Å²) < 4.78 is 27.3. The molecule has 0 amide bonds. The molecule has 0 saturated carbocycles. The first kappa shape index (κ1) is 15.5. The smallest absolute Gasteiger partial charge is 0.243 e. The Kier molecular flexibility index (Phi) is 4.07. The number of benzene rings is 2. The topological polar surface area (TPSA) is 64.4 Å². The van der Waals surface area contributed by atoms with Gasteiger partial charge in [0.05, 0.1) is 16.5 Å². The van der Waals surface area contributed by atoms with E-state index in [0.29, 0.717) is 25.2 Å². The van der Waals surface area contributed by atoms with E-state index in [1.165, 1.54) is 16.4 Å². The number of hydrogen-bond acceptors (Lipinski definition) is 4. The van der Waals surface area contributed by atoms with Crippen molar-refractivity contribution in [1.29, 1.82) is 5.26 Å². The highest BCUT2D eigenvalue weighted by Gasteiger charge is 2.28. The van der Waals surface area contributed by atoms with Crippen molar-refractivity contribution in [2.45, 2.75) is 11.4 Å². The first-order valence-electron chi connectivity index (χ1n) is 7.32. The molecular weight excluding hydrogens is 310 g/mol. The lowest BCUT2D eigenvalue weighted by atomic mass is 10.1. The number of fused-ring (bicyclic) bond motifs is 1. The molecule has 23 heavy (non-hydrogen) atoms. The maximum Gasteiger partial charge on any atom is 0.243 e. The van der Waals surface area contributed by atoms with Crippen LogP contribution in [0.4, 0.5) is 5.69 Å². The molecule has 0 fully saturated rings. The molecule has 1 heterocycles. The van der Waals surface area contributed by atoms with Crippen molar-refractivity contribution >= 4 is 15.7 Å². The van der Waals surface area contributed by atoms with E-state index < -0.39 is 10.0 Å². The van der Waals surface area contributed by atoms with Crippen LogP contribution in [0.3, 0.4) is 0 Å². The Balaban J connectivity index is 1.99. The SMILES string of the molecule is CN1CCN(S(=O)(=O)c2cccc(C#N)c2)Cc2ccccc21. The largest absolute Gasteiger partial charge is 0.373 e. The Bertz CT molecular complexity index is 871. The molecule has 0 N–H and O–H groups in total. The molecule has 0 atom stereocenters. The molecule has 3 rings (SSSR count). The minimum absolute atomic E-state index is 0.165. The van der Waals surface area contributed by atoms with Crippen LogP contribution in [-0.4, -0.2) is 32.9 Å². The van der Waals surface area contributed by atoms with Crippen molar-refractivity contribution in [2.24, 2.45) is 0 Å². The number of likely N-dealkylation sites (N-methyl/N-ethyl adjacent to an activating group) is 1. The number of nitriles is 1. The molecule has 2 aromatic carbocycles. The van der Waals surface area contributed by atoms with Crippen LogP contribution in [0, 0.1) is 11.3 Å². The predicted molar refractivity (Wildman–Crippen MR) is 88.5 cm³/mol. The summed E-state index contributed by atoms with van der Waals surface area (Å²) in [4.78, 5) is 2.23. The maximum atomic E-state index is 12.9. The zero-order valence-corrected chi connectivity index (χ0v) is 13.6. The van der Waals surface area contributed by atoms with Gasteiger partial charge in [-0.25, -0.2) is 8.42 Å². The van der Waals surface area contributed by atoms with E-state index >= 15 is 0 Å². The van der Waals surface area contributed by atoms with E-state index in [4.69, 9.17) is 5.26 Å². The summed E-state index contributed by atoms with van der Waals surface area (Å²) in [6.07, 6.45) is 0. The molecule has 0 bridgehead atoms. The lowest BCUT2D eigenvalue weighted by molar-refractivity contribution is 0.420. The van der Waals surface area contributed by atoms with Gasteiger partial charge in [-0.2, -0.15) is 9.57 Å². The number of anilines is 1. The Morgan fingerprint density at radius 2 is 1.87 bits per heavy atom. The van der Waals surface area contributed by atoms with Crippen molar-refractivity contribution in [3.63, 3.8) is 0 Å². The van der Waals surface area contributed by atoms with Crippen molar-refractivity contribution in [3.8, 4) is 6.07 Å². The standard InChI is InChI=1S/C17H17N3O2S/c1-19-9-10-20(13-15-6-2-3-8-17(15)19)23(21,22)16-7-4-5-14(11-16)12-18/h2-8,11H,9-10,13H2,1H3. The van der Waals surface area contributed by atoms with Gasteiger partial charge in [0, 0.05) is 32.4 Å². The summed E-state index contributed by atoms with van der Waals surface area (Å²) in [5.74, 6) is 0. The van der Waals surface area contributed by atoms with E-state index in [9.17, 15) is 8.42 Å². The number of hydrogen-bond donors (Lipinski definition) is 0. The molecule has 0 radical (unpaired) electrons. The second kappa shape index (κ2) is 6.03. The number of para-hydroxylation sites is 1. The molecule has 0 aliphatic carbocycles. The van der Waals surface area contributed by atoms with Gasteiger partial charge in [-0.05, 0) is 29.8 Å². The lowest BCUT2D eigenvalue weighted by Crippen LogP contribution is -2.34. The molecule has 2 aromatic rings. The first-order chi connectivity index (χ1) is 11.0. The fraction of sp³-hybridized carbons (Fsp3) is 0.235. The van der Waals surface area contributed by atoms with Gasteiger partial charge < -0.3 is 4.90 Å². The molecule has 6 heteroatoms. The van der Waals surface area contributed by atoms with Crippen LogP contribution in [0.2, 0.25) is 0 Å². The van der Waals surface area contributed by atoms with Gasteiger partial charge in [0.1, 0.15) is 0 Å². The van der Waals surface area contributed by atoms with Gasteiger partial charge >= 0.3 is 0 Å². The third-order valence-corrected chi connectivity index (χ3v) is 5.88. The molecule has 1 aliphatic rings. The van der Waals surface area contributed by atoms with E-state index in [1.807, 2.05) is 37.4 Å². The van der Waals surface area contributed by atoms with Gasteiger partial charge in [-0.15, -0.1) is 0 Å². The van der Waals surface area contributed by atoms with E-state index in [2.05, 4.69) is 4.90 Å². The highest BCUT2D eigenvalue weighted by Crippen LogP contribution is 2.27. The van der Waals surface area contributed by atoms with E-state index in [1.54, 1.807) is 12.1 Å². The maximum absolute atomic E-state index is 12.9. The van der Waals surface area contributed by atoms with Crippen LogP contribution >= 0.6 is 0 Å². The van der Waals surface area contributed by atoms with Crippen LogP contribution in [-0.2, 0) is 16.6 Å². The Morgan fingerprint density at radius 1 is 1.09 bits per heavy atom. The highest BCUT2D eigenvalue weighted by molar-refractivity contribution is 7.89. The van der Waals surface area contributed by atoms with Gasteiger partial charge in [-0.3, -0.25) is 0 Å². The molecule has 0 unspecified atom stereocenters. The zero-order chi connectivity index (χ0) is 16.4. The molecule has 0 spiro atoms. The lowest BCUT2D eigenvalue weighted by Gasteiger charge is -2.20. The zero-order valence-electron chi connectivity index (χ0n) is 12.8. The predicted octanol–water partition coefficient (Wildman–Crippen LogP) is 2.20. The normalized spacial score (nSPS) is 15.6. The summed E-state index contributed by atoms with van der Waals surface area (Å²) in [5.41, 5.74) is 2.38. The highest BCUT2D eigenvalue weighted by atomic mass is 32.2. The van der Waals surface area contributed by atoms with Crippen molar-refractivity contribution < 1.29 is 8.42 Å². The third-order valence-electron chi connectivity index (χ3n) is 4.04. The van der Waals surface area contributed by atoms with E-state index in [-0.39, 0.29) is 4.90 Å². The third kappa shape index (κ3) is 2.93. The molecule has 1 aliphatic heterocycles. The van der Waals surface area contributed by atoms with E-state index in [0.717, 1.165) is 11.3 Å².